The summed E-state index contributed by atoms with van der Waals surface area (Å²) >= 11 is 0. The Balaban J connectivity index is 1.87. The number of hydrogen-bond acceptors (Lipinski definition) is 8. The Morgan fingerprint density at radius 2 is 1.09 bits per heavy atom. The number of halogens is 4. The van der Waals surface area contributed by atoms with E-state index in [4.69, 9.17) is 30.4 Å². The molecule has 12 heteroatoms. The highest BCUT2D eigenvalue weighted by atomic mass is 19.4. The molecule has 0 aliphatic heterocycles. The molecule has 8 nitrogen and oxygen atoms in total. The normalized spacial score (nSPS) is 11.6. The van der Waals surface area contributed by atoms with Crippen molar-refractivity contribution < 1.29 is 46.7 Å². The van der Waals surface area contributed by atoms with Crippen molar-refractivity contribution in [3.8, 4) is 34.1 Å². The Kier molecular flexibility index (Phi) is 10.9. The Morgan fingerprint density at radius 1 is 0.644 bits per heavy atom. The van der Waals surface area contributed by atoms with Crippen LogP contribution < -0.4 is 20.9 Å². The first kappa shape index (κ1) is 33.5. The molecule has 0 unspecified atom stereocenters. The molecule has 4 aromatic carbocycles. The third-order valence-corrected chi connectivity index (χ3v) is 6.87. The van der Waals surface area contributed by atoms with Crippen LogP contribution in [0.5, 0.6) is 23.0 Å². The van der Waals surface area contributed by atoms with Crippen molar-refractivity contribution in [1.29, 1.82) is 0 Å². The van der Waals surface area contributed by atoms with Crippen molar-refractivity contribution in [2.75, 3.05) is 38.9 Å². The van der Waals surface area contributed by atoms with E-state index in [0.29, 0.717) is 33.4 Å². The van der Waals surface area contributed by atoms with Crippen LogP contribution >= 0.6 is 0 Å². The minimum absolute atomic E-state index is 0.0131. The molecule has 0 saturated heterocycles. The number of ether oxygens (including phenoxy) is 4. The standard InChI is InChI=1S/C33H34F4N2O6/c1-42-17-23-13-22(14-24(18-43-2)32(23)44-29-5-3-25(38)15-27(29)33(35,36)37)21-11-19(7-9-40)31(20(12-21)8-10-41)45-30-6-4-26(39)16-28(30)34/h3-6,11-16,40-41H,7-10,17-18,38-39H2,1-2H3. The summed E-state index contributed by atoms with van der Waals surface area (Å²) in [6.07, 6.45) is -4.43. The van der Waals surface area contributed by atoms with Gasteiger partial charge in [0.2, 0.25) is 0 Å². The molecule has 6 N–H and O–H groups in total. The number of hydrogen-bond donors (Lipinski definition) is 4. The number of methoxy groups -OCH3 is 2. The molecule has 0 fully saturated rings. The van der Waals surface area contributed by atoms with Crippen LogP contribution in [0.25, 0.3) is 11.1 Å². The van der Waals surface area contributed by atoms with E-state index in [1.54, 1.807) is 24.3 Å². The van der Waals surface area contributed by atoms with Gasteiger partial charge in [0, 0.05) is 56.0 Å². The van der Waals surface area contributed by atoms with Crippen LogP contribution in [0.15, 0.2) is 60.7 Å². The zero-order valence-corrected chi connectivity index (χ0v) is 24.7. The summed E-state index contributed by atoms with van der Waals surface area (Å²) in [4.78, 5) is 0. The second kappa shape index (κ2) is 14.6. The topological polar surface area (TPSA) is 129 Å². The molecule has 4 rings (SSSR count). The molecule has 0 bridgehead atoms. The van der Waals surface area contributed by atoms with E-state index < -0.39 is 23.3 Å². The average molecular weight is 631 g/mol. The Bertz CT molecular complexity index is 1590. The van der Waals surface area contributed by atoms with E-state index in [0.717, 1.165) is 18.2 Å². The molecule has 0 amide bonds. The van der Waals surface area contributed by atoms with Crippen molar-refractivity contribution in [3.05, 3.63) is 94.3 Å². The highest BCUT2D eigenvalue weighted by molar-refractivity contribution is 5.71. The molecular formula is C33H34F4N2O6. The molecule has 0 radical (unpaired) electrons. The highest BCUT2D eigenvalue weighted by Crippen LogP contribution is 2.43. The summed E-state index contributed by atoms with van der Waals surface area (Å²) in [5.74, 6) is -0.790. The lowest BCUT2D eigenvalue weighted by molar-refractivity contribution is -0.138. The molecule has 4 aromatic rings. The quantitative estimate of drug-likeness (QED) is 0.0958. The molecule has 0 aromatic heterocycles. The molecule has 0 spiro atoms. The van der Waals surface area contributed by atoms with Gasteiger partial charge in [0.25, 0.3) is 0 Å². The molecule has 0 aliphatic carbocycles. The summed E-state index contributed by atoms with van der Waals surface area (Å²) < 4.78 is 78.9. The van der Waals surface area contributed by atoms with Gasteiger partial charge in [-0.15, -0.1) is 0 Å². The van der Waals surface area contributed by atoms with E-state index >= 15 is 0 Å². The van der Waals surface area contributed by atoms with Gasteiger partial charge in [-0.3, -0.25) is 0 Å². The maximum absolute atomic E-state index is 14.6. The molecule has 0 saturated carbocycles. The Hall–Kier alpha value is -4.36. The summed E-state index contributed by atoms with van der Waals surface area (Å²) in [6.45, 7) is -0.521. The van der Waals surface area contributed by atoms with Crippen LogP contribution in [0.2, 0.25) is 0 Å². The largest absolute Gasteiger partial charge is 0.456 e. The fourth-order valence-electron chi connectivity index (χ4n) is 4.92. The van der Waals surface area contributed by atoms with Gasteiger partial charge in [-0.1, -0.05) is 0 Å². The van der Waals surface area contributed by atoms with Gasteiger partial charge in [0.15, 0.2) is 11.6 Å². The number of aliphatic hydroxyl groups is 2. The van der Waals surface area contributed by atoms with E-state index in [9.17, 15) is 27.8 Å². The monoisotopic (exact) mass is 630 g/mol. The molecule has 0 atom stereocenters. The fourth-order valence-corrected chi connectivity index (χ4v) is 4.92. The van der Waals surface area contributed by atoms with E-state index in [1.165, 1.54) is 32.4 Å². The van der Waals surface area contributed by atoms with Gasteiger partial charge in [0.05, 0.1) is 13.2 Å². The molecule has 45 heavy (non-hydrogen) atoms. The number of alkyl halides is 3. The van der Waals surface area contributed by atoms with E-state index in [1.807, 2.05) is 0 Å². The minimum atomic E-state index is -4.72. The summed E-state index contributed by atoms with van der Waals surface area (Å²) in [6, 6.07) is 14.2. The van der Waals surface area contributed by atoms with Crippen LogP contribution in [-0.2, 0) is 41.7 Å². The second-order valence-corrected chi connectivity index (χ2v) is 10.2. The van der Waals surface area contributed by atoms with Gasteiger partial charge in [0.1, 0.15) is 22.8 Å². The number of anilines is 2. The van der Waals surface area contributed by atoms with Crippen LogP contribution in [0.3, 0.4) is 0 Å². The highest BCUT2D eigenvalue weighted by Gasteiger charge is 2.35. The Morgan fingerprint density at radius 3 is 1.56 bits per heavy atom. The molecular weight excluding hydrogens is 596 g/mol. The lowest BCUT2D eigenvalue weighted by atomic mass is 9.93. The first-order valence-corrected chi connectivity index (χ1v) is 13.9. The smallest absolute Gasteiger partial charge is 0.420 e. The number of nitrogen functional groups attached to an aromatic ring is 2. The number of rotatable bonds is 13. The summed E-state index contributed by atoms with van der Waals surface area (Å²) in [5.41, 5.74) is 13.6. The molecule has 0 heterocycles. The number of benzene rings is 4. The van der Waals surface area contributed by atoms with Crippen LogP contribution in [0.1, 0.15) is 27.8 Å². The SMILES string of the molecule is COCc1cc(-c2cc(CCO)c(Oc3ccc(N)cc3F)c(CCO)c2)cc(COC)c1Oc1ccc(N)cc1C(F)(F)F. The van der Waals surface area contributed by atoms with Gasteiger partial charge >= 0.3 is 6.18 Å². The maximum Gasteiger partial charge on any atom is 0.420 e. The van der Waals surface area contributed by atoms with Crippen molar-refractivity contribution >= 4 is 11.4 Å². The van der Waals surface area contributed by atoms with Gasteiger partial charge in [-0.25, -0.2) is 4.39 Å². The molecule has 0 aliphatic rings. The second-order valence-electron chi connectivity index (χ2n) is 10.2. The Labute approximate surface area is 257 Å². The van der Waals surface area contributed by atoms with Gasteiger partial charge in [-0.05, 0) is 89.7 Å². The third kappa shape index (κ3) is 8.03. The van der Waals surface area contributed by atoms with Crippen LogP contribution in [0, 0.1) is 5.82 Å². The minimum Gasteiger partial charge on any atom is -0.456 e. The molecule has 240 valence electrons. The van der Waals surface area contributed by atoms with E-state index in [-0.39, 0.29) is 67.9 Å². The van der Waals surface area contributed by atoms with Crippen molar-refractivity contribution in [2.24, 2.45) is 0 Å². The van der Waals surface area contributed by atoms with Crippen molar-refractivity contribution in [3.63, 3.8) is 0 Å². The first-order valence-electron chi connectivity index (χ1n) is 13.9. The van der Waals surface area contributed by atoms with Gasteiger partial charge < -0.3 is 40.6 Å². The van der Waals surface area contributed by atoms with Crippen LogP contribution in [-0.4, -0.2) is 37.6 Å². The predicted octanol–water partition coefficient (Wildman–Crippen LogP) is 6.62. The zero-order chi connectivity index (χ0) is 32.7. The lowest BCUT2D eigenvalue weighted by Gasteiger charge is -2.21. The summed E-state index contributed by atoms with van der Waals surface area (Å²) in [7, 11) is 2.88. The lowest BCUT2D eigenvalue weighted by Crippen LogP contribution is -2.09. The zero-order valence-electron chi connectivity index (χ0n) is 24.7. The van der Waals surface area contributed by atoms with Gasteiger partial charge in [-0.2, -0.15) is 13.2 Å². The van der Waals surface area contributed by atoms with Crippen molar-refractivity contribution in [2.45, 2.75) is 32.2 Å². The first-order chi connectivity index (χ1) is 21.5. The average Bonchev–Trinajstić information content (AvgIpc) is 2.98. The fraction of sp³-hybridized carbons (Fsp3) is 0.273. The number of aliphatic hydroxyl groups excluding tert-OH is 2. The van der Waals surface area contributed by atoms with Crippen molar-refractivity contribution in [1.82, 2.24) is 0 Å². The number of nitrogens with two attached hydrogens (primary N) is 2. The predicted molar refractivity (Wildman–Crippen MR) is 162 cm³/mol. The maximum atomic E-state index is 14.6. The van der Waals surface area contributed by atoms with E-state index in [2.05, 4.69) is 0 Å². The summed E-state index contributed by atoms with van der Waals surface area (Å²) in [5, 5.41) is 19.7. The van der Waals surface area contributed by atoms with Crippen LogP contribution in [0.4, 0.5) is 28.9 Å². The third-order valence-electron chi connectivity index (χ3n) is 6.87.